The molecule has 0 aliphatic heterocycles. The van der Waals surface area contributed by atoms with E-state index in [9.17, 15) is 0 Å². The van der Waals surface area contributed by atoms with Crippen LogP contribution in [0.5, 0.6) is 0 Å². The molecular weight excluding hydrogens is 196 g/mol. The molecule has 1 nitrogen and oxygen atoms in total. The van der Waals surface area contributed by atoms with Crippen LogP contribution in [0.25, 0.3) is 0 Å². The fraction of sp³-hybridized carbons (Fsp3) is 0.500. The summed E-state index contributed by atoms with van der Waals surface area (Å²) in [5.41, 5.74) is 0. The molecule has 0 saturated carbocycles. The van der Waals surface area contributed by atoms with Crippen molar-refractivity contribution in [3.63, 3.8) is 0 Å². The van der Waals surface area contributed by atoms with Crippen molar-refractivity contribution in [3.05, 3.63) is 0 Å². The van der Waals surface area contributed by atoms with Gasteiger partial charge in [-0.05, 0) is 18.9 Å². The van der Waals surface area contributed by atoms with Gasteiger partial charge in [0.15, 0.2) is 4.89 Å². The maximum absolute atomic E-state index is 5.58. The first-order valence-corrected chi connectivity index (χ1v) is 6.69. The topological polar surface area (TPSA) is 3.24 Å². The Labute approximate surface area is 70.0 Å². The van der Waals surface area contributed by atoms with Gasteiger partial charge in [-0.1, -0.05) is 28.4 Å². The van der Waals surface area contributed by atoms with Crippen molar-refractivity contribution in [3.8, 4) is 12.3 Å². The molecule has 0 aliphatic rings. The summed E-state index contributed by atoms with van der Waals surface area (Å²) >= 11 is 15.9. The highest BCUT2D eigenvalue weighted by Gasteiger charge is 2.13. The Morgan fingerprint density at radius 2 is 2.22 bits per heavy atom. The lowest BCUT2D eigenvalue weighted by atomic mass is 10.7. The van der Waals surface area contributed by atoms with E-state index in [4.69, 9.17) is 40.7 Å². The monoisotopic (exact) mass is 201 g/mol. The minimum absolute atomic E-state index is 0.407. The van der Waals surface area contributed by atoms with Crippen LogP contribution in [0.1, 0.15) is 0 Å². The summed E-state index contributed by atoms with van der Waals surface area (Å²) in [5, 5.41) is 0. The zero-order chi connectivity index (χ0) is 7.49. The van der Waals surface area contributed by atoms with E-state index in [1.165, 1.54) is 0 Å². The molecule has 9 heavy (non-hydrogen) atoms. The standard InChI is InChI=1S/C4H6Cl2NPS/c1-3-4-7(2)8(5,6)9/h1H,4H2,2H3. The lowest BCUT2D eigenvalue weighted by molar-refractivity contribution is 0.639. The molecule has 5 heteroatoms. The predicted molar refractivity (Wildman–Crippen MR) is 47.5 cm³/mol. The first kappa shape index (κ1) is 9.75. The zero-order valence-electron chi connectivity index (χ0n) is 4.84. The quantitative estimate of drug-likeness (QED) is 0.499. The maximum atomic E-state index is 5.58. The van der Waals surface area contributed by atoms with Crippen molar-refractivity contribution in [2.75, 3.05) is 13.6 Å². The third-order valence-corrected chi connectivity index (χ3v) is 4.04. The van der Waals surface area contributed by atoms with Gasteiger partial charge in [0.2, 0.25) is 0 Å². The number of rotatable bonds is 2. The second kappa shape index (κ2) is 3.81. The second-order valence-electron chi connectivity index (χ2n) is 1.45. The van der Waals surface area contributed by atoms with E-state index in [0.29, 0.717) is 6.54 Å². The van der Waals surface area contributed by atoms with Crippen LogP contribution in [0.3, 0.4) is 0 Å². The van der Waals surface area contributed by atoms with Gasteiger partial charge in [-0.2, -0.15) is 0 Å². The SMILES string of the molecule is C#CCN(C)P(=S)(Cl)Cl. The van der Waals surface area contributed by atoms with E-state index in [0.717, 1.165) is 0 Å². The molecule has 0 aromatic rings. The molecule has 0 bridgehead atoms. The Kier molecular flexibility index (Phi) is 4.12. The van der Waals surface area contributed by atoms with Crippen LogP contribution < -0.4 is 0 Å². The Morgan fingerprint density at radius 3 is 2.33 bits per heavy atom. The molecule has 0 aliphatic carbocycles. The second-order valence-corrected chi connectivity index (χ2v) is 9.25. The minimum Gasteiger partial charge on any atom is -0.243 e. The van der Waals surface area contributed by atoms with E-state index in [2.05, 4.69) is 5.92 Å². The van der Waals surface area contributed by atoms with Crippen LogP contribution in [-0.2, 0) is 11.8 Å². The van der Waals surface area contributed by atoms with E-state index in [1.54, 1.807) is 11.7 Å². The molecule has 0 unspecified atom stereocenters. The van der Waals surface area contributed by atoms with E-state index < -0.39 is 4.89 Å². The van der Waals surface area contributed by atoms with Crippen molar-refractivity contribution in [1.82, 2.24) is 4.67 Å². The molecule has 0 spiro atoms. The highest BCUT2D eigenvalue weighted by Crippen LogP contribution is 2.58. The van der Waals surface area contributed by atoms with Crippen LogP contribution in [0.4, 0.5) is 0 Å². The molecule has 0 radical (unpaired) electrons. The third kappa shape index (κ3) is 4.19. The Bertz CT molecular complexity index is 170. The van der Waals surface area contributed by atoms with Crippen LogP contribution >= 0.6 is 27.4 Å². The van der Waals surface area contributed by atoms with Gasteiger partial charge >= 0.3 is 0 Å². The Morgan fingerprint density at radius 1 is 1.78 bits per heavy atom. The van der Waals surface area contributed by atoms with Crippen molar-refractivity contribution in [2.24, 2.45) is 0 Å². The number of halogens is 2. The molecule has 0 heterocycles. The first-order chi connectivity index (χ1) is 3.98. The van der Waals surface area contributed by atoms with Crippen molar-refractivity contribution in [1.29, 1.82) is 0 Å². The van der Waals surface area contributed by atoms with E-state index in [1.807, 2.05) is 0 Å². The van der Waals surface area contributed by atoms with Crippen molar-refractivity contribution < 1.29 is 0 Å². The normalized spacial score (nSPS) is 11.4. The molecular formula is C4H6Cl2NPS. The molecule has 0 rings (SSSR count). The Balaban J connectivity index is 3.93. The summed E-state index contributed by atoms with van der Waals surface area (Å²) in [6.07, 6.45) is 4.99. The first-order valence-electron chi connectivity index (χ1n) is 2.13. The van der Waals surface area contributed by atoms with Crippen molar-refractivity contribution in [2.45, 2.75) is 0 Å². The fourth-order valence-electron chi connectivity index (χ4n) is 0.214. The summed E-state index contributed by atoms with van der Waals surface area (Å²) < 4.78 is 1.59. The summed E-state index contributed by atoms with van der Waals surface area (Å²) in [4.78, 5) is -2.30. The fourth-order valence-corrected chi connectivity index (χ4v) is 0.955. The minimum atomic E-state index is -2.30. The van der Waals surface area contributed by atoms with E-state index in [-0.39, 0.29) is 0 Å². The average molecular weight is 202 g/mol. The summed E-state index contributed by atoms with van der Waals surface area (Å²) in [6.45, 7) is 0.407. The number of hydrogen-bond acceptors (Lipinski definition) is 1. The Hall–Kier alpha value is 0.750. The van der Waals surface area contributed by atoms with Gasteiger partial charge in [0.25, 0.3) is 0 Å². The summed E-state index contributed by atoms with van der Waals surface area (Å²) in [7, 11) is 1.71. The lowest BCUT2D eigenvalue weighted by Gasteiger charge is -2.16. The van der Waals surface area contributed by atoms with Gasteiger partial charge in [-0.3, -0.25) is 0 Å². The highest BCUT2D eigenvalue weighted by atomic mass is 35.9. The molecule has 0 aromatic heterocycles. The summed E-state index contributed by atoms with van der Waals surface area (Å²) in [6, 6.07) is 0. The van der Waals surface area contributed by atoms with Gasteiger partial charge in [-0.25, -0.2) is 4.67 Å². The van der Waals surface area contributed by atoms with Gasteiger partial charge in [0.05, 0.1) is 6.54 Å². The number of terminal acetylenes is 1. The molecule has 0 amide bonds. The molecule has 52 valence electrons. The predicted octanol–water partition coefficient (Wildman–Crippen LogP) is 2.25. The van der Waals surface area contributed by atoms with Crippen LogP contribution in [0.15, 0.2) is 0 Å². The smallest absolute Gasteiger partial charge is 0.184 e. The average Bonchev–Trinajstić information content (AvgIpc) is 1.64. The zero-order valence-corrected chi connectivity index (χ0v) is 8.07. The van der Waals surface area contributed by atoms with Crippen molar-refractivity contribution >= 4 is 39.2 Å². The number of nitrogens with zero attached hydrogens (tertiary/aromatic N) is 1. The van der Waals surface area contributed by atoms with Gasteiger partial charge in [0.1, 0.15) is 0 Å². The van der Waals surface area contributed by atoms with Crippen LogP contribution in [0, 0.1) is 12.3 Å². The van der Waals surface area contributed by atoms with Crippen LogP contribution in [0.2, 0.25) is 0 Å². The third-order valence-electron chi connectivity index (χ3n) is 0.718. The maximum Gasteiger partial charge on any atom is 0.184 e. The number of hydrogen-bond donors (Lipinski definition) is 0. The molecule has 0 aromatic carbocycles. The summed E-state index contributed by atoms with van der Waals surface area (Å²) in [5.74, 6) is 2.39. The molecule has 0 N–H and O–H groups in total. The van der Waals surface area contributed by atoms with Gasteiger partial charge in [-0.15, -0.1) is 6.42 Å². The molecule has 0 fully saturated rings. The lowest BCUT2D eigenvalue weighted by Crippen LogP contribution is -2.09. The molecule has 0 atom stereocenters. The molecule has 0 saturated heterocycles. The highest BCUT2D eigenvalue weighted by molar-refractivity contribution is 8.37. The van der Waals surface area contributed by atoms with Crippen LogP contribution in [-0.4, -0.2) is 18.3 Å². The van der Waals surface area contributed by atoms with Gasteiger partial charge in [0, 0.05) is 0 Å². The van der Waals surface area contributed by atoms with E-state index >= 15 is 0 Å². The van der Waals surface area contributed by atoms with Gasteiger partial charge < -0.3 is 0 Å². The largest absolute Gasteiger partial charge is 0.243 e.